The Hall–Kier alpha value is -0.370. The average molecular weight is 268 g/mol. The van der Waals surface area contributed by atoms with E-state index in [0.717, 1.165) is 5.92 Å². The molecule has 1 aliphatic carbocycles. The van der Waals surface area contributed by atoms with E-state index in [-0.39, 0.29) is 0 Å². The van der Waals surface area contributed by atoms with E-state index in [4.69, 9.17) is 0 Å². The SMILES string of the molecule is CC(c1ccncc1)C(Br)CC1CCC1. The lowest BCUT2D eigenvalue weighted by atomic mass is 9.80. The minimum absolute atomic E-state index is 0.591. The largest absolute Gasteiger partial charge is 0.265 e. The van der Waals surface area contributed by atoms with Gasteiger partial charge in [-0.05, 0) is 36.0 Å². The molecule has 2 heteroatoms. The van der Waals surface area contributed by atoms with Crippen LogP contribution in [-0.2, 0) is 0 Å². The lowest BCUT2D eigenvalue weighted by molar-refractivity contribution is 0.289. The Labute approximate surface area is 100 Å². The number of aromatic nitrogens is 1. The Morgan fingerprint density at radius 2 is 2.07 bits per heavy atom. The van der Waals surface area contributed by atoms with Crippen LogP contribution in [0.5, 0.6) is 0 Å². The van der Waals surface area contributed by atoms with E-state index >= 15 is 0 Å². The number of alkyl halides is 1. The van der Waals surface area contributed by atoms with Crippen LogP contribution in [-0.4, -0.2) is 9.81 Å². The lowest BCUT2D eigenvalue weighted by Gasteiger charge is -2.29. The van der Waals surface area contributed by atoms with Gasteiger partial charge in [-0.3, -0.25) is 4.98 Å². The van der Waals surface area contributed by atoms with Gasteiger partial charge >= 0.3 is 0 Å². The van der Waals surface area contributed by atoms with Gasteiger partial charge in [0, 0.05) is 17.2 Å². The highest BCUT2D eigenvalue weighted by molar-refractivity contribution is 9.09. The molecule has 0 amide bonds. The Balaban J connectivity index is 1.91. The molecule has 2 unspecified atom stereocenters. The van der Waals surface area contributed by atoms with Gasteiger partial charge < -0.3 is 0 Å². The average Bonchev–Trinajstić information content (AvgIpc) is 2.23. The molecule has 0 saturated heterocycles. The highest BCUT2D eigenvalue weighted by Crippen LogP contribution is 2.36. The first kappa shape index (κ1) is 11.1. The van der Waals surface area contributed by atoms with Crippen LogP contribution in [0.1, 0.15) is 44.1 Å². The fraction of sp³-hybridized carbons (Fsp3) is 0.615. The number of hydrogen-bond acceptors (Lipinski definition) is 1. The summed E-state index contributed by atoms with van der Waals surface area (Å²) < 4.78 is 0. The topological polar surface area (TPSA) is 12.9 Å². The summed E-state index contributed by atoms with van der Waals surface area (Å²) in [4.78, 5) is 4.68. The molecule has 1 saturated carbocycles. The normalized spacial score (nSPS) is 20.7. The molecule has 0 N–H and O–H groups in total. The number of rotatable bonds is 4. The quantitative estimate of drug-likeness (QED) is 0.748. The second-order valence-corrected chi connectivity index (χ2v) is 5.79. The van der Waals surface area contributed by atoms with Crippen molar-refractivity contribution >= 4 is 15.9 Å². The Morgan fingerprint density at radius 3 is 2.60 bits per heavy atom. The van der Waals surface area contributed by atoms with Crippen LogP contribution in [0.2, 0.25) is 0 Å². The lowest BCUT2D eigenvalue weighted by Crippen LogP contribution is -2.19. The summed E-state index contributed by atoms with van der Waals surface area (Å²) in [5.74, 6) is 1.56. The first-order valence-corrected chi connectivity index (χ1v) is 6.73. The van der Waals surface area contributed by atoms with Gasteiger partial charge in [-0.2, -0.15) is 0 Å². The molecule has 1 aromatic heterocycles. The van der Waals surface area contributed by atoms with Gasteiger partial charge in [0.25, 0.3) is 0 Å². The van der Waals surface area contributed by atoms with Crippen LogP contribution in [0, 0.1) is 5.92 Å². The van der Waals surface area contributed by atoms with E-state index in [0.29, 0.717) is 10.7 Å². The molecular formula is C13H18BrN. The minimum atomic E-state index is 0.591. The van der Waals surface area contributed by atoms with Crippen molar-refractivity contribution < 1.29 is 0 Å². The second kappa shape index (κ2) is 5.11. The van der Waals surface area contributed by atoms with Gasteiger partial charge in [0.1, 0.15) is 0 Å². The first-order valence-electron chi connectivity index (χ1n) is 5.81. The molecule has 0 bridgehead atoms. The Kier molecular flexibility index (Phi) is 3.79. The molecule has 0 aliphatic heterocycles. The van der Waals surface area contributed by atoms with Gasteiger partial charge in [-0.25, -0.2) is 0 Å². The minimum Gasteiger partial charge on any atom is -0.265 e. The molecule has 0 radical (unpaired) electrons. The summed E-state index contributed by atoms with van der Waals surface area (Å²) in [5, 5.41) is 0. The summed E-state index contributed by atoms with van der Waals surface area (Å²) in [7, 11) is 0. The van der Waals surface area contributed by atoms with Gasteiger partial charge in [-0.1, -0.05) is 42.1 Å². The van der Waals surface area contributed by atoms with Crippen molar-refractivity contribution in [3.63, 3.8) is 0 Å². The van der Waals surface area contributed by atoms with Crippen molar-refractivity contribution in [3.8, 4) is 0 Å². The van der Waals surface area contributed by atoms with E-state index in [2.05, 4.69) is 40.0 Å². The number of nitrogens with zero attached hydrogens (tertiary/aromatic N) is 1. The molecule has 1 aliphatic rings. The first-order chi connectivity index (χ1) is 7.27. The molecule has 1 fully saturated rings. The highest BCUT2D eigenvalue weighted by atomic mass is 79.9. The third-order valence-corrected chi connectivity index (χ3v) is 4.72. The van der Waals surface area contributed by atoms with Gasteiger partial charge in [0.05, 0.1) is 0 Å². The fourth-order valence-corrected chi connectivity index (χ4v) is 2.96. The zero-order valence-electron chi connectivity index (χ0n) is 9.20. The molecule has 1 nitrogen and oxygen atoms in total. The van der Waals surface area contributed by atoms with E-state index < -0.39 is 0 Å². The molecule has 1 heterocycles. The van der Waals surface area contributed by atoms with E-state index in [9.17, 15) is 0 Å². The fourth-order valence-electron chi connectivity index (χ4n) is 2.13. The number of pyridine rings is 1. The molecule has 82 valence electrons. The van der Waals surface area contributed by atoms with E-state index in [1.54, 1.807) is 0 Å². The van der Waals surface area contributed by atoms with Gasteiger partial charge in [-0.15, -0.1) is 0 Å². The van der Waals surface area contributed by atoms with Crippen molar-refractivity contribution in [2.24, 2.45) is 5.92 Å². The molecule has 2 atom stereocenters. The summed E-state index contributed by atoms with van der Waals surface area (Å²) in [6.45, 7) is 2.30. The highest BCUT2D eigenvalue weighted by Gasteiger charge is 2.24. The Bertz CT molecular complexity index is 295. The summed E-state index contributed by atoms with van der Waals surface area (Å²) in [6.07, 6.45) is 9.40. The maximum absolute atomic E-state index is 4.06. The van der Waals surface area contributed by atoms with Gasteiger partial charge in [0.2, 0.25) is 0 Å². The maximum Gasteiger partial charge on any atom is 0.0270 e. The smallest absolute Gasteiger partial charge is 0.0270 e. The maximum atomic E-state index is 4.06. The monoisotopic (exact) mass is 267 g/mol. The molecule has 0 spiro atoms. The van der Waals surface area contributed by atoms with Crippen molar-refractivity contribution in [1.82, 2.24) is 4.98 Å². The summed E-state index contributed by atoms with van der Waals surface area (Å²) in [5.41, 5.74) is 1.39. The van der Waals surface area contributed by atoms with E-state index in [1.165, 1.54) is 31.2 Å². The molecule has 15 heavy (non-hydrogen) atoms. The number of hydrogen-bond donors (Lipinski definition) is 0. The summed E-state index contributed by atoms with van der Waals surface area (Å²) in [6, 6.07) is 4.25. The predicted octanol–water partition coefficient (Wildman–Crippen LogP) is 4.14. The van der Waals surface area contributed by atoms with Crippen LogP contribution < -0.4 is 0 Å². The predicted molar refractivity (Wildman–Crippen MR) is 67.3 cm³/mol. The van der Waals surface area contributed by atoms with E-state index in [1.807, 2.05) is 12.4 Å². The Morgan fingerprint density at radius 1 is 1.40 bits per heavy atom. The molecule has 2 rings (SSSR count). The number of halogens is 1. The standard InChI is InChI=1S/C13H18BrN/c1-10(12-5-7-15-8-6-12)13(14)9-11-3-2-4-11/h5-8,10-11,13H,2-4,9H2,1H3. The van der Waals surface area contributed by atoms with Crippen LogP contribution in [0.15, 0.2) is 24.5 Å². The molecule has 0 aromatic carbocycles. The van der Waals surface area contributed by atoms with Crippen LogP contribution in [0.3, 0.4) is 0 Å². The summed E-state index contributed by atoms with van der Waals surface area (Å²) >= 11 is 3.83. The third kappa shape index (κ3) is 2.81. The molecule has 1 aromatic rings. The van der Waals surface area contributed by atoms with Crippen LogP contribution in [0.25, 0.3) is 0 Å². The van der Waals surface area contributed by atoms with Crippen molar-refractivity contribution in [1.29, 1.82) is 0 Å². The van der Waals surface area contributed by atoms with Crippen molar-refractivity contribution in [3.05, 3.63) is 30.1 Å². The third-order valence-electron chi connectivity index (χ3n) is 3.56. The van der Waals surface area contributed by atoms with Crippen molar-refractivity contribution in [2.75, 3.05) is 0 Å². The van der Waals surface area contributed by atoms with Crippen LogP contribution in [0.4, 0.5) is 0 Å². The zero-order chi connectivity index (χ0) is 10.7. The molecular weight excluding hydrogens is 250 g/mol. The van der Waals surface area contributed by atoms with Crippen LogP contribution >= 0.6 is 15.9 Å². The second-order valence-electron chi connectivity index (χ2n) is 4.62. The van der Waals surface area contributed by atoms with Crippen molar-refractivity contribution in [2.45, 2.75) is 43.4 Å². The zero-order valence-corrected chi connectivity index (χ0v) is 10.8. The van der Waals surface area contributed by atoms with Gasteiger partial charge in [0.15, 0.2) is 0 Å².